The maximum Gasteiger partial charge on any atom is 0.397 e. The zero-order valence-corrected chi connectivity index (χ0v) is 56.5. The molecule has 12 N–H and O–H groups in total. The standard InChI is InChI=1S/C35H58O55S9/c1-68-12-9(6-73-91(41,42)43)77-33(26(15(12)69-2)88-97(59,60)61)81-18-16(70-3)25(72-5)32(83-22(18)29(36)37)79-14-11(8-75-93(47,48)49)78-34(28(90-99(65,66)67)21(14)86-95(53,54)55)82-19-17(71-4)27(89-98(62,63)64)35(84-23(19)30(38)39)80-13-10(7-74-92(44,45)46)76-31(40)24(87-96(56,57)58)20(13)85-94(50,51)52/h9-28,31-35,40H,6-8H2,1-5H3,(H,36,37)(H,38,39)(H,41,42,43)(H,44,45,46)(H,47,48,49)(H,50,51,52)(H,53,54,55)(H,56,57,58)(H,59,60,61)(H,62,63,64)(H,65,66,67)/t9-,10-,11-,12-,13-,14-,15?,16+,17+,18+,19+,20+,21+,22+,23-,24+,25-,26-,27-,28-,31+,32-,33-,34-,35+/m1/s1. The highest BCUT2D eigenvalue weighted by molar-refractivity contribution is 7.82. The van der Waals surface area contributed by atoms with Gasteiger partial charge in [-0.3, -0.25) is 41.0 Å². The quantitative estimate of drug-likeness (QED) is 0.0259. The molecular weight excluding hydrogens is 1590 g/mol. The Morgan fingerprint density at radius 3 is 0.818 bits per heavy atom. The SMILES string of the molecule is COC1[C@@H](OS(=O)(=O)O)[C@@H](O[C@H]2[C@H](OC)[C@@H](OC)[C@H](O[C@H]3[C@H](OS(=O)(=O)O)[C@@H](OS(=O)(=O)O)[C@@H](O[C@H]4[C@H](OC)[C@@H](OS(=O)(=O)O)[C@@H](O[C@H]5[C@H](OS(=O)(=O)O)[C@H](OS(=O)(=O)O)[C@@H](O)O[C@@H]5COS(=O)(=O)O)O[C@H]4C(=O)O)O[C@@H]3COS(=O)(=O)O)O[C@@H]2C(=O)O)O[C@H](COS(=O)(=O)O)[C@H]1OC. The minimum atomic E-state index is -6.39. The zero-order chi connectivity index (χ0) is 75.5. The van der Waals surface area contributed by atoms with Crippen molar-refractivity contribution in [1.82, 2.24) is 0 Å². The van der Waals surface area contributed by atoms with Crippen molar-refractivity contribution >= 4 is 106 Å². The fraction of sp³-hybridized carbons (Fsp3) is 0.943. The second kappa shape index (κ2) is 33.7. The van der Waals surface area contributed by atoms with Crippen LogP contribution in [0.4, 0.5) is 0 Å². The maximum absolute atomic E-state index is 13.3. The molecule has 0 aromatic heterocycles. The molecule has 5 saturated heterocycles. The highest BCUT2D eigenvalue weighted by Gasteiger charge is 2.63. The number of rotatable bonds is 36. The van der Waals surface area contributed by atoms with Crippen LogP contribution in [0.3, 0.4) is 0 Å². The van der Waals surface area contributed by atoms with Crippen LogP contribution >= 0.6 is 0 Å². The van der Waals surface area contributed by atoms with Gasteiger partial charge in [0.1, 0.15) is 85.5 Å². The van der Waals surface area contributed by atoms with Crippen LogP contribution in [0.1, 0.15) is 0 Å². The lowest BCUT2D eigenvalue weighted by Crippen LogP contribution is -2.70. The first kappa shape index (κ1) is 86.8. The molecule has 5 aliphatic heterocycles. The monoisotopic (exact) mass is 1650 g/mol. The molecule has 0 aliphatic carbocycles. The van der Waals surface area contributed by atoms with Crippen LogP contribution in [0.5, 0.6) is 0 Å². The van der Waals surface area contributed by atoms with E-state index in [0.717, 1.165) is 14.2 Å². The number of aliphatic hydroxyl groups is 1. The highest BCUT2D eigenvalue weighted by Crippen LogP contribution is 2.41. The summed E-state index contributed by atoms with van der Waals surface area (Å²) in [5.41, 5.74) is 0. The van der Waals surface area contributed by atoms with E-state index in [1.165, 1.54) is 0 Å². The molecule has 0 aromatic carbocycles. The van der Waals surface area contributed by atoms with Crippen molar-refractivity contribution in [2.45, 2.75) is 154 Å². The third-order valence-corrected chi connectivity index (χ3v) is 17.4. The van der Waals surface area contributed by atoms with Gasteiger partial charge in [-0.2, -0.15) is 75.8 Å². The van der Waals surface area contributed by atoms with Crippen molar-refractivity contribution in [3.05, 3.63) is 0 Å². The predicted molar refractivity (Wildman–Crippen MR) is 285 cm³/mol. The molecule has 582 valence electrons. The van der Waals surface area contributed by atoms with Crippen molar-refractivity contribution in [3.8, 4) is 0 Å². The largest absolute Gasteiger partial charge is 0.479 e. The van der Waals surface area contributed by atoms with Gasteiger partial charge < -0.3 is 81.6 Å². The Labute approximate surface area is 557 Å². The lowest BCUT2D eigenvalue weighted by atomic mass is 9.95. The fourth-order valence-electron chi connectivity index (χ4n) is 10.0. The maximum atomic E-state index is 13.3. The Kier molecular flexibility index (Phi) is 29.6. The molecule has 99 heavy (non-hydrogen) atoms. The van der Waals surface area contributed by atoms with Gasteiger partial charge in [0.15, 0.2) is 68.1 Å². The fourth-order valence-corrected chi connectivity index (χ4v) is 13.9. The first-order chi connectivity index (χ1) is 45.0. The minimum absolute atomic E-state index is 0.403. The van der Waals surface area contributed by atoms with E-state index in [2.05, 4.69) is 33.5 Å². The second-order valence-electron chi connectivity index (χ2n) is 19.7. The van der Waals surface area contributed by atoms with E-state index in [1.54, 1.807) is 0 Å². The Hall–Kier alpha value is -2.83. The summed E-state index contributed by atoms with van der Waals surface area (Å²) in [5.74, 6) is -4.78. The normalized spacial score (nSPS) is 36.7. The number of ether oxygens (including phenoxy) is 14. The number of carboxylic acid groups (broad SMARTS) is 2. The molecule has 0 saturated carbocycles. The number of carbonyl (C=O) groups is 2. The van der Waals surface area contributed by atoms with Gasteiger partial charge in [0.05, 0.1) is 19.8 Å². The molecule has 0 bridgehead atoms. The molecule has 0 spiro atoms. The zero-order valence-electron chi connectivity index (χ0n) is 49.2. The lowest BCUT2D eigenvalue weighted by Gasteiger charge is -2.51. The average molecular weight is 1650 g/mol. The van der Waals surface area contributed by atoms with Crippen LogP contribution in [0.2, 0.25) is 0 Å². The Morgan fingerprint density at radius 1 is 0.283 bits per heavy atom. The number of aliphatic hydroxyl groups excluding tert-OH is 1. The second-order valence-corrected chi connectivity index (χ2v) is 29.2. The summed E-state index contributed by atoms with van der Waals surface area (Å²) < 4.78 is 424. The summed E-state index contributed by atoms with van der Waals surface area (Å²) in [6.07, 6.45) is -69.9. The van der Waals surface area contributed by atoms with E-state index in [-0.39, 0.29) is 0 Å². The van der Waals surface area contributed by atoms with Gasteiger partial charge in [0.2, 0.25) is 0 Å². The van der Waals surface area contributed by atoms with Crippen LogP contribution in [0.15, 0.2) is 0 Å². The summed E-state index contributed by atoms with van der Waals surface area (Å²) in [6.45, 7) is -5.07. The van der Waals surface area contributed by atoms with E-state index in [4.69, 9.17) is 70.5 Å². The summed E-state index contributed by atoms with van der Waals surface area (Å²) >= 11 is 0. The van der Waals surface area contributed by atoms with Gasteiger partial charge in [-0.25, -0.2) is 47.2 Å². The molecule has 25 atom stereocenters. The Balaban J connectivity index is 1.69. The molecular formula is C35H58O55S9. The van der Waals surface area contributed by atoms with E-state index >= 15 is 0 Å². The van der Waals surface area contributed by atoms with Crippen molar-refractivity contribution in [3.63, 3.8) is 0 Å². The molecule has 0 radical (unpaired) electrons. The van der Waals surface area contributed by atoms with Crippen LogP contribution in [-0.4, -0.2) is 353 Å². The first-order valence-corrected chi connectivity index (χ1v) is 37.8. The highest BCUT2D eigenvalue weighted by atomic mass is 32.3. The Morgan fingerprint density at radius 2 is 0.515 bits per heavy atom. The minimum Gasteiger partial charge on any atom is -0.479 e. The van der Waals surface area contributed by atoms with E-state index in [0.29, 0.717) is 21.3 Å². The van der Waals surface area contributed by atoms with Gasteiger partial charge in [-0.05, 0) is 0 Å². The van der Waals surface area contributed by atoms with E-state index < -0.39 is 279 Å². The summed E-state index contributed by atoms with van der Waals surface area (Å²) in [6, 6.07) is 0. The van der Waals surface area contributed by atoms with Crippen LogP contribution < -0.4 is 0 Å². The number of hydrogen-bond acceptors (Lipinski definition) is 44. The molecule has 0 aromatic rings. The van der Waals surface area contributed by atoms with Gasteiger partial charge in [0.25, 0.3) is 0 Å². The molecule has 5 rings (SSSR count). The van der Waals surface area contributed by atoms with Gasteiger partial charge in [-0.1, -0.05) is 0 Å². The first-order valence-electron chi connectivity index (χ1n) is 25.5. The molecule has 5 fully saturated rings. The summed E-state index contributed by atoms with van der Waals surface area (Å²) in [7, 11) is -50.4. The third kappa shape index (κ3) is 25.7. The van der Waals surface area contributed by atoms with E-state index in [9.17, 15) is 142 Å². The van der Waals surface area contributed by atoms with E-state index in [1.807, 2.05) is 0 Å². The van der Waals surface area contributed by atoms with Gasteiger partial charge in [0, 0.05) is 35.5 Å². The van der Waals surface area contributed by atoms with Crippen LogP contribution in [0.25, 0.3) is 0 Å². The van der Waals surface area contributed by atoms with Crippen molar-refractivity contribution < 1.29 is 246 Å². The molecule has 0 amide bonds. The smallest absolute Gasteiger partial charge is 0.397 e. The number of aliphatic carboxylic acids is 2. The van der Waals surface area contributed by atoms with Crippen LogP contribution in [-0.2, 0) is 207 Å². The number of carboxylic acids is 2. The van der Waals surface area contributed by atoms with Crippen molar-refractivity contribution in [2.75, 3.05) is 55.4 Å². The van der Waals surface area contributed by atoms with Gasteiger partial charge >= 0.3 is 106 Å². The molecule has 55 nitrogen and oxygen atoms in total. The Bertz CT molecular complexity index is 3830. The molecule has 5 aliphatic rings. The summed E-state index contributed by atoms with van der Waals surface area (Å²) in [4.78, 5) is 26.6. The average Bonchev–Trinajstić information content (AvgIpc) is 0.768. The van der Waals surface area contributed by atoms with Gasteiger partial charge in [-0.15, -0.1) is 0 Å². The third-order valence-electron chi connectivity index (χ3n) is 13.3. The topological polar surface area (TPSA) is 796 Å². The van der Waals surface area contributed by atoms with Crippen molar-refractivity contribution in [2.24, 2.45) is 0 Å². The summed E-state index contributed by atoms with van der Waals surface area (Å²) in [5, 5.41) is 31.9. The molecule has 1 unspecified atom stereocenters. The molecule has 5 heterocycles. The lowest BCUT2D eigenvalue weighted by molar-refractivity contribution is -0.385. The van der Waals surface area contributed by atoms with Crippen LogP contribution in [0, 0.1) is 0 Å². The van der Waals surface area contributed by atoms with Crippen molar-refractivity contribution in [1.29, 1.82) is 0 Å². The number of hydrogen-bond donors (Lipinski definition) is 12. The molecule has 64 heteroatoms. The number of methoxy groups -OCH3 is 5. The predicted octanol–water partition coefficient (Wildman–Crippen LogP) is -10.0.